The topological polar surface area (TPSA) is 50.1 Å². The van der Waals surface area contributed by atoms with Gasteiger partial charge < -0.3 is 15.0 Å². The number of benzene rings is 2. The minimum atomic E-state index is 0.266. The summed E-state index contributed by atoms with van der Waals surface area (Å²) in [6.45, 7) is 3.76. The molecule has 0 atom stereocenters. The van der Waals surface area contributed by atoms with Crippen LogP contribution < -0.4 is 5.32 Å². The highest BCUT2D eigenvalue weighted by Crippen LogP contribution is 2.19. The van der Waals surface area contributed by atoms with Gasteiger partial charge in [-0.1, -0.05) is 25.1 Å². The highest BCUT2D eigenvalue weighted by molar-refractivity contribution is 5.76. The van der Waals surface area contributed by atoms with Gasteiger partial charge in [-0.2, -0.15) is 0 Å². The second kappa shape index (κ2) is 5.87. The van der Waals surface area contributed by atoms with E-state index in [-0.39, 0.29) is 5.75 Å². The maximum Gasteiger partial charge on any atom is 0.129 e. The zero-order chi connectivity index (χ0) is 14.7. The normalized spacial score (nSPS) is 10.9. The van der Waals surface area contributed by atoms with E-state index in [1.165, 1.54) is 5.52 Å². The Labute approximate surface area is 124 Å². The first kappa shape index (κ1) is 13.5. The van der Waals surface area contributed by atoms with Crippen LogP contribution >= 0.6 is 0 Å². The number of nitrogens with one attached hydrogen (secondary N) is 1. The summed E-state index contributed by atoms with van der Waals surface area (Å²) in [6, 6.07) is 15.3. The predicted octanol–water partition coefficient (Wildman–Crippen LogP) is 3.76. The quantitative estimate of drug-likeness (QED) is 0.748. The van der Waals surface area contributed by atoms with Gasteiger partial charge in [0.1, 0.15) is 11.6 Å². The summed E-state index contributed by atoms with van der Waals surface area (Å²) in [5, 5.41) is 12.8. The van der Waals surface area contributed by atoms with Gasteiger partial charge in [0.25, 0.3) is 0 Å². The first-order chi connectivity index (χ1) is 10.3. The molecule has 0 spiro atoms. The number of hydrogen-bond donors (Lipinski definition) is 2. The lowest BCUT2D eigenvalue weighted by atomic mass is 10.3. The predicted molar refractivity (Wildman–Crippen MR) is 85.5 cm³/mol. The number of rotatable bonds is 5. The van der Waals surface area contributed by atoms with Crippen molar-refractivity contribution in [2.45, 2.75) is 26.4 Å². The van der Waals surface area contributed by atoms with Crippen molar-refractivity contribution in [1.29, 1.82) is 0 Å². The zero-order valence-corrected chi connectivity index (χ0v) is 12.1. The Bertz CT molecular complexity index is 749. The number of phenols is 1. The molecule has 0 aliphatic heterocycles. The molecule has 0 bridgehead atoms. The number of fused-ring (bicyclic) bond motifs is 1. The van der Waals surface area contributed by atoms with Crippen molar-refractivity contribution >= 4 is 16.7 Å². The van der Waals surface area contributed by atoms with Crippen LogP contribution in [0.1, 0.15) is 19.2 Å². The van der Waals surface area contributed by atoms with E-state index >= 15 is 0 Å². The van der Waals surface area contributed by atoms with E-state index in [9.17, 15) is 5.11 Å². The number of aromatic hydroxyl groups is 1. The van der Waals surface area contributed by atoms with E-state index in [0.717, 1.165) is 30.0 Å². The van der Waals surface area contributed by atoms with Crippen LogP contribution in [0.2, 0.25) is 0 Å². The number of phenolic OH excluding ortho intramolecular Hbond substituents is 1. The van der Waals surface area contributed by atoms with Crippen LogP contribution in [0.25, 0.3) is 11.0 Å². The van der Waals surface area contributed by atoms with Gasteiger partial charge in [0, 0.05) is 18.3 Å². The third-order valence-corrected chi connectivity index (χ3v) is 3.48. The fourth-order valence-electron chi connectivity index (χ4n) is 2.53. The standard InChI is InChI=1S/C17H19N3O/c1-2-10-20-16-9-4-3-8-15(16)19-17(20)12-18-13-6-5-7-14(21)11-13/h3-9,11,18,21H,2,10,12H2,1H3. The van der Waals surface area contributed by atoms with Gasteiger partial charge in [-0.05, 0) is 30.7 Å². The summed E-state index contributed by atoms with van der Waals surface area (Å²) in [4.78, 5) is 4.71. The zero-order valence-electron chi connectivity index (χ0n) is 12.1. The second-order valence-electron chi connectivity index (χ2n) is 5.07. The molecule has 3 aromatic rings. The molecule has 4 nitrogen and oxygen atoms in total. The molecule has 2 N–H and O–H groups in total. The Balaban J connectivity index is 1.87. The van der Waals surface area contributed by atoms with E-state index in [1.54, 1.807) is 12.1 Å². The lowest BCUT2D eigenvalue weighted by molar-refractivity contribution is 0.475. The highest BCUT2D eigenvalue weighted by atomic mass is 16.3. The summed E-state index contributed by atoms with van der Waals surface area (Å²) >= 11 is 0. The molecule has 0 amide bonds. The Morgan fingerprint density at radius 2 is 2.00 bits per heavy atom. The molecule has 2 aromatic carbocycles. The molecular weight excluding hydrogens is 262 g/mol. The van der Waals surface area contributed by atoms with Crippen LogP contribution in [-0.4, -0.2) is 14.7 Å². The van der Waals surface area contributed by atoms with Crippen LogP contribution in [0.15, 0.2) is 48.5 Å². The van der Waals surface area contributed by atoms with Crippen molar-refractivity contribution in [2.75, 3.05) is 5.32 Å². The van der Waals surface area contributed by atoms with Crippen molar-refractivity contribution in [3.05, 3.63) is 54.4 Å². The molecule has 21 heavy (non-hydrogen) atoms. The molecule has 0 saturated carbocycles. The van der Waals surface area contributed by atoms with Gasteiger partial charge in [-0.3, -0.25) is 0 Å². The number of aromatic nitrogens is 2. The van der Waals surface area contributed by atoms with E-state index in [1.807, 2.05) is 30.3 Å². The van der Waals surface area contributed by atoms with Crippen molar-refractivity contribution < 1.29 is 5.11 Å². The Morgan fingerprint density at radius 1 is 1.14 bits per heavy atom. The van der Waals surface area contributed by atoms with Gasteiger partial charge >= 0.3 is 0 Å². The fourth-order valence-corrected chi connectivity index (χ4v) is 2.53. The Hall–Kier alpha value is -2.49. The summed E-state index contributed by atoms with van der Waals surface area (Å²) in [5.74, 6) is 1.28. The van der Waals surface area contributed by atoms with Gasteiger partial charge in [0.05, 0.1) is 17.6 Å². The van der Waals surface area contributed by atoms with Crippen molar-refractivity contribution in [3.8, 4) is 5.75 Å². The van der Waals surface area contributed by atoms with Crippen LogP contribution in [0.5, 0.6) is 5.75 Å². The van der Waals surface area contributed by atoms with Gasteiger partial charge in [0.2, 0.25) is 0 Å². The molecule has 0 aliphatic rings. The highest BCUT2D eigenvalue weighted by Gasteiger charge is 2.09. The minimum absolute atomic E-state index is 0.266. The molecule has 4 heteroatoms. The third kappa shape index (κ3) is 2.84. The lowest BCUT2D eigenvalue weighted by Crippen LogP contribution is -2.08. The van der Waals surface area contributed by atoms with E-state index < -0.39 is 0 Å². The number of anilines is 1. The first-order valence-electron chi connectivity index (χ1n) is 7.25. The van der Waals surface area contributed by atoms with Crippen molar-refractivity contribution in [2.24, 2.45) is 0 Å². The van der Waals surface area contributed by atoms with Gasteiger partial charge in [-0.25, -0.2) is 4.98 Å². The van der Waals surface area contributed by atoms with Crippen molar-refractivity contribution in [1.82, 2.24) is 9.55 Å². The fraction of sp³-hybridized carbons (Fsp3) is 0.235. The van der Waals surface area contributed by atoms with Crippen LogP contribution in [0.4, 0.5) is 5.69 Å². The minimum Gasteiger partial charge on any atom is -0.508 e. The van der Waals surface area contributed by atoms with E-state index in [4.69, 9.17) is 4.98 Å². The first-order valence-corrected chi connectivity index (χ1v) is 7.25. The smallest absolute Gasteiger partial charge is 0.129 e. The monoisotopic (exact) mass is 281 g/mol. The molecule has 3 rings (SSSR count). The molecule has 0 radical (unpaired) electrons. The van der Waals surface area contributed by atoms with Crippen molar-refractivity contribution in [3.63, 3.8) is 0 Å². The Kier molecular flexibility index (Phi) is 3.77. The molecule has 0 unspecified atom stereocenters. The molecular formula is C17H19N3O. The Morgan fingerprint density at radius 3 is 2.81 bits per heavy atom. The number of aryl methyl sites for hydroxylation is 1. The van der Waals surface area contributed by atoms with E-state index in [2.05, 4.69) is 22.9 Å². The largest absolute Gasteiger partial charge is 0.508 e. The molecule has 1 aromatic heterocycles. The third-order valence-electron chi connectivity index (χ3n) is 3.48. The average Bonchev–Trinajstić information content (AvgIpc) is 2.84. The molecule has 1 heterocycles. The number of para-hydroxylation sites is 2. The average molecular weight is 281 g/mol. The maximum atomic E-state index is 9.50. The summed E-state index contributed by atoms with van der Waals surface area (Å²) < 4.78 is 2.26. The summed E-state index contributed by atoms with van der Waals surface area (Å²) in [5.41, 5.74) is 3.09. The molecule has 108 valence electrons. The molecule has 0 fully saturated rings. The second-order valence-corrected chi connectivity index (χ2v) is 5.07. The maximum absolute atomic E-state index is 9.50. The molecule has 0 saturated heterocycles. The van der Waals surface area contributed by atoms with Gasteiger partial charge in [0.15, 0.2) is 0 Å². The van der Waals surface area contributed by atoms with Crippen LogP contribution in [0, 0.1) is 0 Å². The van der Waals surface area contributed by atoms with Crippen LogP contribution in [-0.2, 0) is 13.1 Å². The number of nitrogens with zero attached hydrogens (tertiary/aromatic N) is 2. The van der Waals surface area contributed by atoms with Gasteiger partial charge in [-0.15, -0.1) is 0 Å². The summed E-state index contributed by atoms with van der Waals surface area (Å²) in [6.07, 6.45) is 1.07. The summed E-state index contributed by atoms with van der Waals surface area (Å²) in [7, 11) is 0. The number of imidazole rings is 1. The molecule has 0 aliphatic carbocycles. The number of hydrogen-bond acceptors (Lipinski definition) is 3. The van der Waals surface area contributed by atoms with E-state index in [0.29, 0.717) is 6.54 Å². The van der Waals surface area contributed by atoms with Crippen LogP contribution in [0.3, 0.4) is 0 Å². The SMILES string of the molecule is CCCn1c(CNc2cccc(O)c2)nc2ccccc21. The lowest BCUT2D eigenvalue weighted by Gasteiger charge is -2.10.